The molecule has 1 saturated heterocycles. The number of carboxylic acid groups (broad SMARTS) is 2. The maximum atomic E-state index is 12.1. The Bertz CT molecular complexity index is 639. The van der Waals surface area contributed by atoms with E-state index in [0.717, 1.165) is 56.1 Å². The zero-order chi connectivity index (χ0) is 21.1. The van der Waals surface area contributed by atoms with Crippen molar-refractivity contribution in [2.24, 2.45) is 0 Å². The highest BCUT2D eigenvalue weighted by Crippen LogP contribution is 2.14. The number of hydrogen-bond donors (Lipinski definition) is 4. The van der Waals surface area contributed by atoms with Gasteiger partial charge in [-0.3, -0.25) is 9.69 Å². The van der Waals surface area contributed by atoms with Gasteiger partial charge in [0.25, 0.3) is 0 Å². The topological polar surface area (TPSA) is 130 Å². The maximum absolute atomic E-state index is 12.1. The molecule has 0 unspecified atom stereocenters. The van der Waals surface area contributed by atoms with Gasteiger partial charge in [0.05, 0.1) is 6.61 Å². The number of anilines is 1. The van der Waals surface area contributed by atoms with Crippen molar-refractivity contribution >= 4 is 23.5 Å². The largest absolute Gasteiger partial charge is 0.473 e. The molecular formula is C19H29N3O6. The Kier molecular flexibility index (Phi) is 10.1. The van der Waals surface area contributed by atoms with Crippen molar-refractivity contribution in [3.8, 4) is 0 Å². The second kappa shape index (κ2) is 12.1. The third-order valence-corrected chi connectivity index (χ3v) is 4.22. The van der Waals surface area contributed by atoms with E-state index in [0.29, 0.717) is 6.42 Å². The predicted octanol–water partition coefficient (Wildman–Crippen LogP) is 0.398. The highest BCUT2D eigenvalue weighted by Gasteiger charge is 2.16. The Balaban J connectivity index is 0.000000568. The van der Waals surface area contributed by atoms with Crippen LogP contribution in [0.5, 0.6) is 0 Å². The van der Waals surface area contributed by atoms with E-state index in [4.69, 9.17) is 24.9 Å². The van der Waals surface area contributed by atoms with Gasteiger partial charge in [0.2, 0.25) is 5.91 Å². The van der Waals surface area contributed by atoms with Crippen LogP contribution in [0.3, 0.4) is 0 Å². The predicted molar refractivity (Wildman–Crippen MR) is 104 cm³/mol. The summed E-state index contributed by atoms with van der Waals surface area (Å²) >= 11 is 0. The van der Waals surface area contributed by atoms with Gasteiger partial charge in [-0.1, -0.05) is 6.07 Å². The van der Waals surface area contributed by atoms with Gasteiger partial charge in [-0.05, 0) is 37.1 Å². The molecule has 0 aromatic heterocycles. The summed E-state index contributed by atoms with van der Waals surface area (Å²) in [5.74, 6) is -3.58. The standard InChI is InChI=1S/C17H27N3O2.C2H2O4/c1-14-11-15(2)13-16(12-14)18-17(22)3-4-19-5-7-20(8-6-19)9-10-21;3-1(4)2(5)6/h11-13,21H,3-10H2,1-2H3,(H,18,22);(H,3,4)(H,5,6). The van der Waals surface area contributed by atoms with Gasteiger partial charge in [0.15, 0.2) is 0 Å². The lowest BCUT2D eigenvalue weighted by Gasteiger charge is -2.34. The van der Waals surface area contributed by atoms with Crippen LogP contribution in [0, 0.1) is 13.8 Å². The molecule has 1 amide bonds. The van der Waals surface area contributed by atoms with Gasteiger partial charge >= 0.3 is 11.9 Å². The van der Waals surface area contributed by atoms with Crippen LogP contribution in [-0.2, 0) is 14.4 Å². The SMILES string of the molecule is Cc1cc(C)cc(NC(=O)CCN2CCN(CCO)CC2)c1.O=C(O)C(=O)O. The molecule has 9 nitrogen and oxygen atoms in total. The van der Waals surface area contributed by atoms with E-state index in [1.807, 2.05) is 26.0 Å². The Morgan fingerprint density at radius 2 is 1.36 bits per heavy atom. The lowest BCUT2D eigenvalue weighted by molar-refractivity contribution is -0.159. The number of carbonyl (C=O) groups is 3. The van der Waals surface area contributed by atoms with Gasteiger partial charge in [-0.2, -0.15) is 0 Å². The fourth-order valence-electron chi connectivity index (χ4n) is 2.91. The number of β-amino-alcohol motifs (C(OH)–C–C–N with tert-alkyl or cyclic N) is 1. The molecule has 156 valence electrons. The number of nitrogens with zero attached hydrogens (tertiary/aromatic N) is 2. The number of carboxylic acids is 2. The van der Waals surface area contributed by atoms with Crippen molar-refractivity contribution in [2.75, 3.05) is 51.2 Å². The van der Waals surface area contributed by atoms with Crippen LogP contribution in [0.1, 0.15) is 17.5 Å². The number of nitrogens with one attached hydrogen (secondary N) is 1. The second-order valence-corrected chi connectivity index (χ2v) is 6.69. The summed E-state index contributed by atoms with van der Waals surface area (Å²) in [5, 5.41) is 26.7. The van der Waals surface area contributed by atoms with Crippen LogP contribution < -0.4 is 5.32 Å². The quantitative estimate of drug-likeness (QED) is 0.509. The average molecular weight is 395 g/mol. The van der Waals surface area contributed by atoms with Gasteiger partial charge in [0, 0.05) is 51.4 Å². The van der Waals surface area contributed by atoms with E-state index >= 15 is 0 Å². The fraction of sp³-hybridized carbons (Fsp3) is 0.526. The van der Waals surface area contributed by atoms with Crippen molar-refractivity contribution < 1.29 is 29.7 Å². The molecule has 28 heavy (non-hydrogen) atoms. The van der Waals surface area contributed by atoms with Crippen molar-refractivity contribution in [3.05, 3.63) is 29.3 Å². The third kappa shape index (κ3) is 9.45. The van der Waals surface area contributed by atoms with Crippen molar-refractivity contribution in [1.29, 1.82) is 0 Å². The zero-order valence-electron chi connectivity index (χ0n) is 16.3. The molecule has 1 aliphatic heterocycles. The lowest BCUT2D eigenvalue weighted by atomic mass is 10.1. The normalized spacial score (nSPS) is 14.7. The Labute approximate surface area is 164 Å². The zero-order valence-corrected chi connectivity index (χ0v) is 16.3. The van der Waals surface area contributed by atoms with E-state index in [9.17, 15) is 4.79 Å². The minimum atomic E-state index is -1.82. The average Bonchev–Trinajstić information content (AvgIpc) is 2.61. The molecule has 0 saturated carbocycles. The number of piperazine rings is 1. The maximum Gasteiger partial charge on any atom is 0.414 e. The lowest BCUT2D eigenvalue weighted by Crippen LogP contribution is -2.47. The number of aliphatic hydroxyl groups excluding tert-OH is 1. The smallest absolute Gasteiger partial charge is 0.414 e. The summed E-state index contributed by atoms with van der Waals surface area (Å²) < 4.78 is 0. The van der Waals surface area contributed by atoms with Crippen molar-refractivity contribution in [1.82, 2.24) is 9.80 Å². The van der Waals surface area contributed by atoms with E-state index in [-0.39, 0.29) is 12.5 Å². The molecule has 1 heterocycles. The summed E-state index contributed by atoms with van der Waals surface area (Å²) in [6.07, 6.45) is 0.521. The first-order chi connectivity index (χ1) is 13.2. The molecule has 9 heteroatoms. The summed E-state index contributed by atoms with van der Waals surface area (Å²) in [5.41, 5.74) is 3.21. The van der Waals surface area contributed by atoms with Crippen LogP contribution in [0.2, 0.25) is 0 Å². The van der Waals surface area contributed by atoms with Crippen LogP contribution in [0.4, 0.5) is 5.69 Å². The molecule has 4 N–H and O–H groups in total. The first-order valence-electron chi connectivity index (χ1n) is 9.11. The molecule has 0 atom stereocenters. The van der Waals surface area contributed by atoms with Crippen LogP contribution in [0.15, 0.2) is 18.2 Å². The van der Waals surface area contributed by atoms with E-state index in [1.54, 1.807) is 0 Å². The first-order valence-corrected chi connectivity index (χ1v) is 9.11. The van der Waals surface area contributed by atoms with E-state index in [1.165, 1.54) is 0 Å². The molecule has 0 aliphatic carbocycles. The molecule has 1 aromatic carbocycles. The number of aliphatic carboxylic acids is 2. The van der Waals surface area contributed by atoms with E-state index in [2.05, 4.69) is 21.2 Å². The summed E-state index contributed by atoms with van der Waals surface area (Å²) in [7, 11) is 0. The Hall–Kier alpha value is -2.49. The molecule has 0 bridgehead atoms. The minimum Gasteiger partial charge on any atom is -0.473 e. The monoisotopic (exact) mass is 395 g/mol. The van der Waals surface area contributed by atoms with Gasteiger partial charge < -0.3 is 25.5 Å². The summed E-state index contributed by atoms with van der Waals surface area (Å²) in [6.45, 7) is 9.72. The molecule has 1 fully saturated rings. The Morgan fingerprint density at radius 1 is 0.893 bits per heavy atom. The number of carbonyl (C=O) groups excluding carboxylic acids is 1. The molecule has 0 spiro atoms. The number of benzene rings is 1. The fourth-order valence-corrected chi connectivity index (χ4v) is 2.91. The van der Waals surface area contributed by atoms with E-state index < -0.39 is 11.9 Å². The number of aryl methyl sites for hydroxylation is 2. The molecule has 2 rings (SSSR count). The van der Waals surface area contributed by atoms with Crippen molar-refractivity contribution in [2.45, 2.75) is 20.3 Å². The minimum absolute atomic E-state index is 0.0720. The van der Waals surface area contributed by atoms with Crippen LogP contribution in [0.25, 0.3) is 0 Å². The van der Waals surface area contributed by atoms with Crippen LogP contribution in [-0.4, -0.2) is 88.8 Å². The molecular weight excluding hydrogens is 366 g/mol. The van der Waals surface area contributed by atoms with Gasteiger partial charge in [-0.25, -0.2) is 9.59 Å². The molecule has 1 aromatic rings. The number of hydrogen-bond acceptors (Lipinski definition) is 6. The first kappa shape index (κ1) is 23.5. The summed E-state index contributed by atoms with van der Waals surface area (Å²) in [4.78, 5) is 34.8. The number of aliphatic hydroxyl groups is 1. The van der Waals surface area contributed by atoms with Gasteiger partial charge in [-0.15, -0.1) is 0 Å². The van der Waals surface area contributed by atoms with Crippen molar-refractivity contribution in [3.63, 3.8) is 0 Å². The highest BCUT2D eigenvalue weighted by molar-refractivity contribution is 6.27. The van der Waals surface area contributed by atoms with Gasteiger partial charge in [0.1, 0.15) is 0 Å². The molecule has 0 radical (unpaired) electrons. The van der Waals surface area contributed by atoms with Crippen LogP contribution >= 0.6 is 0 Å². The Morgan fingerprint density at radius 3 is 1.79 bits per heavy atom. The summed E-state index contributed by atoms with van der Waals surface area (Å²) in [6, 6.07) is 6.10. The third-order valence-electron chi connectivity index (χ3n) is 4.22. The number of rotatable bonds is 6. The number of amides is 1. The highest BCUT2D eigenvalue weighted by atomic mass is 16.4. The molecule has 1 aliphatic rings. The second-order valence-electron chi connectivity index (χ2n) is 6.69.